The summed E-state index contributed by atoms with van der Waals surface area (Å²) in [6, 6.07) is 15.5. The van der Waals surface area contributed by atoms with E-state index in [1.54, 1.807) is 18.2 Å². The van der Waals surface area contributed by atoms with Crippen LogP contribution in [-0.4, -0.2) is 36.3 Å². The van der Waals surface area contributed by atoms with Gasteiger partial charge in [0.05, 0.1) is 24.8 Å². The molecule has 1 saturated heterocycles. The molecule has 0 spiro atoms. The maximum absolute atomic E-state index is 12.8. The predicted octanol–water partition coefficient (Wildman–Crippen LogP) is 1.22. The molecule has 3 aromatic rings. The van der Waals surface area contributed by atoms with Crippen LogP contribution in [-0.2, 0) is 16.6 Å². The molecular formula is C18H21N4O2S2+. The first kappa shape index (κ1) is 17.5. The van der Waals surface area contributed by atoms with Crippen LogP contribution in [0.2, 0.25) is 0 Å². The minimum Gasteiger partial charge on any atom is -0.331 e. The number of nitrogens with zero attached hydrogens (tertiary/aromatic N) is 2. The summed E-state index contributed by atoms with van der Waals surface area (Å²) < 4.78 is 36.7. The topological polar surface area (TPSA) is 76.4 Å². The number of likely N-dealkylation sites (tertiary alicyclic amines) is 1. The summed E-state index contributed by atoms with van der Waals surface area (Å²) in [5.41, 5.74) is 2.40. The van der Waals surface area contributed by atoms with Crippen molar-refractivity contribution in [3.8, 4) is 0 Å². The number of sulfonamides is 1. The van der Waals surface area contributed by atoms with E-state index < -0.39 is 10.0 Å². The molecule has 26 heavy (non-hydrogen) atoms. The minimum absolute atomic E-state index is 0.0265. The molecule has 1 aromatic heterocycles. The molecule has 0 amide bonds. The summed E-state index contributed by atoms with van der Waals surface area (Å²) >= 11 is 1.03. The lowest BCUT2D eigenvalue weighted by Crippen LogP contribution is -3.12. The van der Waals surface area contributed by atoms with Gasteiger partial charge < -0.3 is 4.90 Å². The number of rotatable bonds is 5. The molecule has 0 radical (unpaired) electrons. The van der Waals surface area contributed by atoms with Crippen LogP contribution >= 0.6 is 11.7 Å². The molecule has 0 atom stereocenters. The molecule has 0 unspecified atom stereocenters. The number of piperidine rings is 1. The first-order valence-corrected chi connectivity index (χ1v) is 10.9. The molecule has 0 saturated carbocycles. The normalized spacial score (nSPS) is 21.1. The summed E-state index contributed by atoms with van der Waals surface area (Å²) in [5, 5.41) is 0. The van der Waals surface area contributed by atoms with Crippen LogP contribution < -0.4 is 9.62 Å². The van der Waals surface area contributed by atoms with E-state index in [2.05, 4.69) is 37.7 Å². The molecule has 6 nitrogen and oxygen atoms in total. The van der Waals surface area contributed by atoms with Gasteiger partial charge >= 0.3 is 0 Å². The van der Waals surface area contributed by atoms with Gasteiger partial charge in [0.1, 0.15) is 22.5 Å². The highest BCUT2D eigenvalue weighted by Gasteiger charge is 2.28. The van der Waals surface area contributed by atoms with Crippen LogP contribution in [0.4, 0.5) is 0 Å². The van der Waals surface area contributed by atoms with Crippen LogP contribution in [0.5, 0.6) is 0 Å². The van der Waals surface area contributed by atoms with Crippen LogP contribution in [0.3, 0.4) is 0 Å². The third kappa shape index (κ3) is 3.78. The van der Waals surface area contributed by atoms with Gasteiger partial charge in [-0.1, -0.05) is 36.4 Å². The predicted molar refractivity (Wildman–Crippen MR) is 102 cm³/mol. The second-order valence-corrected chi connectivity index (χ2v) is 8.91. The van der Waals surface area contributed by atoms with Crippen LogP contribution in [0.25, 0.3) is 11.0 Å². The van der Waals surface area contributed by atoms with Gasteiger partial charge in [0.2, 0.25) is 10.0 Å². The summed E-state index contributed by atoms with van der Waals surface area (Å²) in [6.07, 6.45) is 1.68. The SMILES string of the molecule is O=S(=O)(NC1CC[NH+](Cc2ccccc2)CC1)c1cccc2nsnc12. The zero-order valence-electron chi connectivity index (χ0n) is 14.3. The Kier molecular flexibility index (Phi) is 4.99. The second-order valence-electron chi connectivity index (χ2n) is 6.70. The first-order valence-electron chi connectivity index (χ1n) is 8.73. The average molecular weight is 390 g/mol. The van der Waals surface area contributed by atoms with Gasteiger partial charge in [-0.15, -0.1) is 0 Å². The largest absolute Gasteiger partial charge is 0.331 e. The van der Waals surface area contributed by atoms with E-state index in [-0.39, 0.29) is 10.9 Å². The zero-order chi connectivity index (χ0) is 18.0. The van der Waals surface area contributed by atoms with E-state index >= 15 is 0 Å². The molecule has 1 aliphatic rings. The molecule has 0 bridgehead atoms. The van der Waals surface area contributed by atoms with Crippen molar-refractivity contribution in [3.63, 3.8) is 0 Å². The zero-order valence-corrected chi connectivity index (χ0v) is 15.9. The summed E-state index contributed by atoms with van der Waals surface area (Å²) in [5.74, 6) is 0. The number of quaternary nitrogens is 1. The highest BCUT2D eigenvalue weighted by Crippen LogP contribution is 2.21. The number of hydrogen-bond acceptors (Lipinski definition) is 5. The number of fused-ring (bicyclic) bond motifs is 1. The van der Waals surface area contributed by atoms with Gasteiger partial charge in [-0.3, -0.25) is 0 Å². The van der Waals surface area contributed by atoms with Crippen molar-refractivity contribution >= 4 is 32.8 Å². The summed E-state index contributed by atoms with van der Waals surface area (Å²) in [6.45, 7) is 2.92. The fourth-order valence-corrected chi connectivity index (χ4v) is 5.56. The lowest BCUT2D eigenvalue weighted by molar-refractivity contribution is -0.918. The van der Waals surface area contributed by atoms with Crippen molar-refractivity contribution in [1.29, 1.82) is 0 Å². The molecule has 8 heteroatoms. The number of benzene rings is 2. The molecule has 136 valence electrons. The fraction of sp³-hybridized carbons (Fsp3) is 0.333. The maximum Gasteiger partial charge on any atom is 0.243 e. The fourth-order valence-electron chi connectivity index (χ4n) is 3.49. The number of nitrogens with one attached hydrogen (secondary N) is 2. The van der Waals surface area contributed by atoms with Crippen molar-refractivity contribution < 1.29 is 13.3 Å². The lowest BCUT2D eigenvalue weighted by Gasteiger charge is -2.29. The second kappa shape index (κ2) is 7.40. The van der Waals surface area contributed by atoms with Crippen molar-refractivity contribution in [3.05, 3.63) is 54.1 Å². The van der Waals surface area contributed by atoms with Crippen molar-refractivity contribution in [2.24, 2.45) is 0 Å². The van der Waals surface area contributed by atoms with Gasteiger partial charge in [0.15, 0.2) is 0 Å². The van der Waals surface area contributed by atoms with Crippen molar-refractivity contribution in [2.75, 3.05) is 13.1 Å². The van der Waals surface area contributed by atoms with Crippen LogP contribution in [0, 0.1) is 0 Å². The Morgan fingerprint density at radius 2 is 1.81 bits per heavy atom. The van der Waals surface area contributed by atoms with Crippen LogP contribution in [0.15, 0.2) is 53.4 Å². The monoisotopic (exact) mass is 389 g/mol. The average Bonchev–Trinajstić information content (AvgIpc) is 3.12. The van der Waals surface area contributed by atoms with Gasteiger partial charge in [0.25, 0.3) is 0 Å². The Morgan fingerprint density at radius 3 is 2.58 bits per heavy atom. The first-order chi connectivity index (χ1) is 12.6. The Labute approximate surface area is 157 Å². The van der Waals surface area contributed by atoms with Gasteiger partial charge in [-0.2, -0.15) is 8.75 Å². The molecule has 2 heterocycles. The minimum atomic E-state index is -3.59. The third-order valence-electron chi connectivity index (χ3n) is 4.85. The van der Waals surface area contributed by atoms with E-state index in [9.17, 15) is 8.42 Å². The molecule has 1 aliphatic heterocycles. The van der Waals surface area contributed by atoms with E-state index in [1.807, 2.05) is 6.07 Å². The Hall–Kier alpha value is -1.87. The maximum atomic E-state index is 12.8. The molecular weight excluding hydrogens is 368 g/mol. The smallest absolute Gasteiger partial charge is 0.243 e. The standard InChI is InChI=1S/C18H20N4O2S2/c23-26(24,17-8-4-7-16-18(17)20-25-19-16)21-15-9-11-22(12-10-15)13-14-5-2-1-3-6-14/h1-8,15,21H,9-13H2/p+1. The molecule has 2 aromatic carbocycles. The highest BCUT2D eigenvalue weighted by molar-refractivity contribution is 7.89. The number of aromatic nitrogens is 2. The highest BCUT2D eigenvalue weighted by atomic mass is 32.2. The van der Waals surface area contributed by atoms with E-state index in [1.165, 1.54) is 10.5 Å². The van der Waals surface area contributed by atoms with E-state index in [4.69, 9.17) is 0 Å². The summed E-state index contributed by atoms with van der Waals surface area (Å²) in [7, 11) is -3.59. The Morgan fingerprint density at radius 1 is 1.04 bits per heavy atom. The number of hydrogen-bond donors (Lipinski definition) is 2. The molecule has 4 rings (SSSR count). The third-order valence-corrected chi connectivity index (χ3v) is 6.94. The van der Waals surface area contributed by atoms with E-state index in [0.717, 1.165) is 44.2 Å². The quantitative estimate of drug-likeness (QED) is 0.688. The van der Waals surface area contributed by atoms with E-state index in [0.29, 0.717) is 11.0 Å². The van der Waals surface area contributed by atoms with Gasteiger partial charge in [0, 0.05) is 24.4 Å². The molecule has 0 aliphatic carbocycles. The van der Waals surface area contributed by atoms with Gasteiger partial charge in [-0.05, 0) is 12.1 Å². The van der Waals surface area contributed by atoms with Crippen molar-refractivity contribution in [1.82, 2.24) is 13.5 Å². The Bertz CT molecular complexity index is 981. The summed E-state index contributed by atoms with van der Waals surface area (Å²) in [4.78, 5) is 1.72. The lowest BCUT2D eigenvalue weighted by atomic mass is 10.1. The molecule has 1 fully saturated rings. The molecule has 2 N–H and O–H groups in total. The van der Waals surface area contributed by atoms with Gasteiger partial charge in [-0.25, -0.2) is 13.1 Å². The van der Waals surface area contributed by atoms with Crippen LogP contribution in [0.1, 0.15) is 18.4 Å². The van der Waals surface area contributed by atoms with Crippen molar-refractivity contribution in [2.45, 2.75) is 30.3 Å². The Balaban J connectivity index is 1.40.